The van der Waals surface area contributed by atoms with Gasteiger partial charge in [0.1, 0.15) is 0 Å². The van der Waals surface area contributed by atoms with Gasteiger partial charge in [0.25, 0.3) is 0 Å². The van der Waals surface area contributed by atoms with Crippen LogP contribution in [-0.4, -0.2) is 48.1 Å². The van der Waals surface area contributed by atoms with Crippen LogP contribution in [0.4, 0.5) is 0 Å². The SMILES string of the molecule is C1CN=C(NCC2CSCCS2)NC1.I. The third-order valence-corrected chi connectivity index (χ3v) is 5.12. The molecule has 2 N–H and O–H groups in total. The van der Waals surface area contributed by atoms with Crippen LogP contribution in [0.25, 0.3) is 0 Å². The second-order valence-corrected chi connectivity index (χ2v) is 6.02. The molecule has 1 atom stereocenters. The molecule has 2 heterocycles. The van der Waals surface area contributed by atoms with Crippen molar-refractivity contribution in [1.29, 1.82) is 0 Å². The molecule has 6 heteroatoms. The Hall–Kier alpha value is 0.700. The average molecular weight is 359 g/mol. The number of guanidine groups is 1. The highest BCUT2D eigenvalue weighted by molar-refractivity contribution is 14.0. The van der Waals surface area contributed by atoms with Crippen LogP contribution in [0.1, 0.15) is 6.42 Å². The summed E-state index contributed by atoms with van der Waals surface area (Å²) >= 11 is 4.15. The first-order chi connectivity index (χ1) is 6.95. The van der Waals surface area contributed by atoms with E-state index in [2.05, 4.69) is 39.1 Å². The molecule has 0 saturated carbocycles. The summed E-state index contributed by atoms with van der Waals surface area (Å²) in [5.41, 5.74) is 0. The van der Waals surface area contributed by atoms with E-state index >= 15 is 0 Å². The van der Waals surface area contributed by atoms with Gasteiger partial charge in [-0.2, -0.15) is 23.5 Å². The van der Waals surface area contributed by atoms with Gasteiger partial charge in [0, 0.05) is 42.1 Å². The molecule has 0 radical (unpaired) electrons. The average Bonchev–Trinajstić information content (AvgIpc) is 2.29. The largest absolute Gasteiger partial charge is 0.356 e. The summed E-state index contributed by atoms with van der Waals surface area (Å²) in [6.07, 6.45) is 1.17. The van der Waals surface area contributed by atoms with Gasteiger partial charge < -0.3 is 10.6 Å². The van der Waals surface area contributed by atoms with Crippen molar-refractivity contribution in [3.8, 4) is 0 Å². The predicted molar refractivity (Wildman–Crippen MR) is 81.9 cm³/mol. The minimum atomic E-state index is 0. The molecule has 0 aromatic rings. The maximum absolute atomic E-state index is 4.39. The molecule has 1 fully saturated rings. The van der Waals surface area contributed by atoms with Gasteiger partial charge in [0.05, 0.1) is 0 Å². The Bertz CT molecular complexity index is 208. The Morgan fingerprint density at radius 3 is 3.07 bits per heavy atom. The second kappa shape index (κ2) is 7.89. The summed E-state index contributed by atoms with van der Waals surface area (Å²) in [5.74, 6) is 4.91. The standard InChI is InChI=1S/C9H17N3S2.HI/c1-2-10-9(11-3-1)12-6-8-7-13-4-5-14-8;/h8H,1-7H2,(H2,10,11,12);1H. The van der Waals surface area contributed by atoms with Gasteiger partial charge in [-0.15, -0.1) is 24.0 Å². The maximum Gasteiger partial charge on any atom is 0.191 e. The van der Waals surface area contributed by atoms with E-state index in [-0.39, 0.29) is 24.0 Å². The van der Waals surface area contributed by atoms with Crippen molar-refractivity contribution in [2.75, 3.05) is 36.9 Å². The van der Waals surface area contributed by atoms with Crippen molar-refractivity contribution in [1.82, 2.24) is 10.6 Å². The maximum atomic E-state index is 4.39. The minimum absolute atomic E-state index is 0. The number of thioether (sulfide) groups is 2. The quantitative estimate of drug-likeness (QED) is 0.731. The molecule has 15 heavy (non-hydrogen) atoms. The molecule has 0 aliphatic carbocycles. The Balaban J connectivity index is 0.00000112. The summed E-state index contributed by atoms with van der Waals surface area (Å²) < 4.78 is 0. The lowest BCUT2D eigenvalue weighted by molar-refractivity contribution is 0.700. The number of halogens is 1. The summed E-state index contributed by atoms with van der Waals surface area (Å²) in [5, 5.41) is 7.44. The molecular formula is C9H18IN3S2. The number of nitrogens with one attached hydrogen (secondary N) is 2. The van der Waals surface area contributed by atoms with Gasteiger partial charge in [-0.1, -0.05) is 0 Å². The minimum Gasteiger partial charge on any atom is -0.356 e. The molecule has 2 aliphatic rings. The molecular weight excluding hydrogens is 341 g/mol. The molecule has 2 aliphatic heterocycles. The summed E-state index contributed by atoms with van der Waals surface area (Å²) in [4.78, 5) is 4.39. The van der Waals surface area contributed by atoms with E-state index in [4.69, 9.17) is 0 Å². The van der Waals surface area contributed by atoms with Crippen molar-refractivity contribution < 1.29 is 0 Å². The fourth-order valence-corrected chi connectivity index (χ4v) is 4.13. The molecule has 0 spiro atoms. The third-order valence-electron chi connectivity index (χ3n) is 2.28. The van der Waals surface area contributed by atoms with Gasteiger partial charge in [-0.3, -0.25) is 4.99 Å². The van der Waals surface area contributed by atoms with Gasteiger partial charge in [-0.25, -0.2) is 0 Å². The molecule has 0 aromatic carbocycles. The number of aliphatic imine (C=N–C) groups is 1. The van der Waals surface area contributed by atoms with Crippen LogP contribution in [0.2, 0.25) is 0 Å². The molecule has 0 bridgehead atoms. The van der Waals surface area contributed by atoms with E-state index in [0.717, 1.165) is 30.8 Å². The van der Waals surface area contributed by atoms with Crippen molar-refractivity contribution >= 4 is 53.5 Å². The molecule has 1 saturated heterocycles. The van der Waals surface area contributed by atoms with Crippen molar-refractivity contribution in [3.63, 3.8) is 0 Å². The number of hydrogen-bond acceptors (Lipinski definition) is 5. The summed E-state index contributed by atoms with van der Waals surface area (Å²) in [7, 11) is 0. The monoisotopic (exact) mass is 359 g/mol. The number of nitrogens with zero attached hydrogens (tertiary/aromatic N) is 1. The Kier molecular flexibility index (Phi) is 7.24. The third kappa shape index (κ3) is 5.04. The van der Waals surface area contributed by atoms with Crippen molar-refractivity contribution in [2.45, 2.75) is 11.7 Å². The lowest BCUT2D eigenvalue weighted by Gasteiger charge is -2.23. The highest BCUT2D eigenvalue weighted by Crippen LogP contribution is 2.23. The second-order valence-electron chi connectivity index (χ2n) is 3.46. The first kappa shape index (κ1) is 13.8. The van der Waals surface area contributed by atoms with E-state index in [1.807, 2.05) is 0 Å². The highest BCUT2D eigenvalue weighted by Gasteiger charge is 2.14. The normalized spacial score (nSPS) is 25.9. The van der Waals surface area contributed by atoms with Crippen LogP contribution >= 0.6 is 47.5 Å². The lowest BCUT2D eigenvalue weighted by atomic mass is 10.4. The van der Waals surface area contributed by atoms with Crippen molar-refractivity contribution in [2.24, 2.45) is 4.99 Å². The Labute approximate surface area is 117 Å². The topological polar surface area (TPSA) is 36.4 Å². The van der Waals surface area contributed by atoms with Gasteiger partial charge in [-0.05, 0) is 6.42 Å². The zero-order valence-electron chi connectivity index (χ0n) is 8.70. The molecule has 2 rings (SSSR count). The van der Waals surface area contributed by atoms with Crippen LogP contribution in [0.5, 0.6) is 0 Å². The van der Waals surface area contributed by atoms with E-state index < -0.39 is 0 Å². The smallest absolute Gasteiger partial charge is 0.191 e. The molecule has 3 nitrogen and oxygen atoms in total. The number of hydrogen-bond donors (Lipinski definition) is 2. The van der Waals surface area contributed by atoms with E-state index in [9.17, 15) is 0 Å². The zero-order chi connectivity index (χ0) is 9.64. The molecule has 0 aromatic heterocycles. The Morgan fingerprint density at radius 2 is 2.40 bits per heavy atom. The van der Waals surface area contributed by atoms with Crippen LogP contribution in [0.15, 0.2) is 4.99 Å². The van der Waals surface area contributed by atoms with Crippen LogP contribution in [0.3, 0.4) is 0 Å². The number of rotatable bonds is 2. The first-order valence-electron chi connectivity index (χ1n) is 5.17. The fraction of sp³-hybridized carbons (Fsp3) is 0.889. The fourth-order valence-electron chi connectivity index (χ4n) is 1.52. The van der Waals surface area contributed by atoms with Gasteiger partial charge in [0.2, 0.25) is 0 Å². The van der Waals surface area contributed by atoms with E-state index in [1.54, 1.807) is 0 Å². The predicted octanol–water partition coefficient (Wildman–Crippen LogP) is 1.39. The van der Waals surface area contributed by atoms with Crippen LogP contribution < -0.4 is 10.6 Å². The zero-order valence-corrected chi connectivity index (χ0v) is 12.7. The summed E-state index contributed by atoms with van der Waals surface area (Å²) in [6, 6.07) is 0. The van der Waals surface area contributed by atoms with Crippen molar-refractivity contribution in [3.05, 3.63) is 0 Å². The first-order valence-corrected chi connectivity index (χ1v) is 7.37. The molecule has 88 valence electrons. The van der Waals surface area contributed by atoms with E-state index in [0.29, 0.717) is 0 Å². The highest BCUT2D eigenvalue weighted by atomic mass is 127. The Morgan fingerprint density at radius 1 is 1.47 bits per heavy atom. The van der Waals surface area contributed by atoms with E-state index in [1.165, 1.54) is 23.7 Å². The van der Waals surface area contributed by atoms with Gasteiger partial charge >= 0.3 is 0 Å². The lowest BCUT2D eigenvalue weighted by Crippen LogP contribution is -2.44. The van der Waals surface area contributed by atoms with Gasteiger partial charge in [0.15, 0.2) is 5.96 Å². The van der Waals surface area contributed by atoms with Crippen LogP contribution in [-0.2, 0) is 0 Å². The summed E-state index contributed by atoms with van der Waals surface area (Å²) in [6.45, 7) is 3.10. The van der Waals surface area contributed by atoms with Crippen LogP contribution in [0, 0.1) is 0 Å². The molecule has 1 unspecified atom stereocenters. The molecule has 0 amide bonds.